The highest BCUT2D eigenvalue weighted by molar-refractivity contribution is 5.99. The van der Waals surface area contributed by atoms with Crippen molar-refractivity contribution in [3.8, 4) is 0 Å². The van der Waals surface area contributed by atoms with Gasteiger partial charge < -0.3 is 4.74 Å². The topological polar surface area (TPSA) is 63.7 Å². The van der Waals surface area contributed by atoms with Gasteiger partial charge in [-0.05, 0) is 13.8 Å². The molecule has 17 heavy (non-hydrogen) atoms. The summed E-state index contributed by atoms with van der Waals surface area (Å²) < 4.78 is 4.68. The van der Waals surface area contributed by atoms with Crippen molar-refractivity contribution in [1.82, 2.24) is 4.90 Å². The number of ether oxygens (including phenoxy) is 1. The van der Waals surface area contributed by atoms with Crippen LogP contribution >= 0.6 is 0 Å². The number of carbonyl (C=O) groups excluding carboxylic acids is 3. The summed E-state index contributed by atoms with van der Waals surface area (Å²) in [6.07, 6.45) is 3.39. The summed E-state index contributed by atoms with van der Waals surface area (Å²) in [6, 6.07) is 0. The quantitative estimate of drug-likeness (QED) is 0.527. The molecule has 1 aliphatic heterocycles. The minimum absolute atomic E-state index is 0.266. The van der Waals surface area contributed by atoms with E-state index in [2.05, 4.69) is 4.74 Å². The van der Waals surface area contributed by atoms with Crippen LogP contribution in [0.3, 0.4) is 0 Å². The molecule has 94 valence electrons. The van der Waals surface area contributed by atoms with E-state index in [1.165, 1.54) is 14.0 Å². The molecule has 0 unspecified atom stereocenters. The van der Waals surface area contributed by atoms with Gasteiger partial charge in [-0.3, -0.25) is 19.3 Å². The van der Waals surface area contributed by atoms with Gasteiger partial charge in [0, 0.05) is 13.5 Å². The van der Waals surface area contributed by atoms with Crippen LogP contribution < -0.4 is 0 Å². The third kappa shape index (κ3) is 2.38. The van der Waals surface area contributed by atoms with Gasteiger partial charge in [-0.1, -0.05) is 12.2 Å². The van der Waals surface area contributed by atoms with Crippen LogP contribution in [-0.4, -0.2) is 36.3 Å². The Morgan fingerprint density at radius 1 is 1.47 bits per heavy atom. The zero-order chi connectivity index (χ0) is 13.2. The van der Waals surface area contributed by atoms with E-state index in [1.54, 1.807) is 26.0 Å². The van der Waals surface area contributed by atoms with Gasteiger partial charge in [0.1, 0.15) is 0 Å². The van der Waals surface area contributed by atoms with Crippen LogP contribution in [0.2, 0.25) is 0 Å². The Bertz CT molecular complexity index is 384. The summed E-state index contributed by atoms with van der Waals surface area (Å²) in [5.41, 5.74) is -0.976. The zero-order valence-corrected chi connectivity index (χ0v) is 10.5. The average molecular weight is 239 g/mol. The predicted molar refractivity (Wildman–Crippen MR) is 60.8 cm³/mol. The minimum Gasteiger partial charge on any atom is -0.469 e. The van der Waals surface area contributed by atoms with Crippen LogP contribution in [0, 0.1) is 11.3 Å². The van der Waals surface area contributed by atoms with Crippen LogP contribution in [0.1, 0.15) is 20.8 Å². The molecule has 0 saturated carbocycles. The first kappa shape index (κ1) is 13.4. The second-order valence-corrected chi connectivity index (χ2v) is 4.59. The molecule has 0 aromatic carbocycles. The second kappa shape index (κ2) is 4.69. The van der Waals surface area contributed by atoms with Gasteiger partial charge in [0.15, 0.2) is 0 Å². The summed E-state index contributed by atoms with van der Waals surface area (Å²) in [7, 11) is 1.28. The Hall–Kier alpha value is -1.65. The number of methoxy groups -OCH3 is 1. The summed E-state index contributed by atoms with van der Waals surface area (Å²) in [5, 5.41) is 0. The molecule has 0 aliphatic carbocycles. The average Bonchev–Trinajstić information content (AvgIpc) is 2.27. The summed E-state index contributed by atoms with van der Waals surface area (Å²) in [4.78, 5) is 36.1. The first-order chi connectivity index (χ1) is 7.82. The standard InChI is InChI=1S/C12H17NO4/c1-8(14)13-7-5-6-9(10(13)15)12(2,3)11(16)17-4/h5-6,9H,7H2,1-4H3/t9-/m0/s1. The van der Waals surface area contributed by atoms with E-state index < -0.39 is 17.3 Å². The lowest BCUT2D eigenvalue weighted by Crippen LogP contribution is -2.48. The number of rotatable bonds is 2. The van der Waals surface area contributed by atoms with E-state index in [0.29, 0.717) is 0 Å². The lowest BCUT2D eigenvalue weighted by Gasteiger charge is -2.34. The number of nitrogens with zero attached hydrogens (tertiary/aromatic N) is 1. The molecule has 0 spiro atoms. The maximum absolute atomic E-state index is 12.1. The van der Waals surface area contributed by atoms with E-state index in [4.69, 9.17) is 0 Å². The normalized spacial score (nSPS) is 20.4. The fourth-order valence-electron chi connectivity index (χ4n) is 1.87. The number of carbonyl (C=O) groups is 3. The van der Waals surface area contributed by atoms with Gasteiger partial charge in [0.25, 0.3) is 0 Å². The number of hydrogen-bond acceptors (Lipinski definition) is 4. The highest BCUT2D eigenvalue weighted by Crippen LogP contribution is 2.32. The predicted octanol–water partition coefficient (Wildman–Crippen LogP) is 0.747. The fourth-order valence-corrected chi connectivity index (χ4v) is 1.87. The Balaban J connectivity index is 3.03. The Labute approximate surface area is 100 Å². The van der Waals surface area contributed by atoms with E-state index in [-0.39, 0.29) is 18.4 Å². The molecule has 1 atom stereocenters. The van der Waals surface area contributed by atoms with Gasteiger partial charge in [-0.15, -0.1) is 0 Å². The summed E-state index contributed by atoms with van der Waals surface area (Å²) in [6.45, 7) is 4.87. The van der Waals surface area contributed by atoms with Gasteiger partial charge >= 0.3 is 5.97 Å². The molecule has 0 fully saturated rings. The smallest absolute Gasteiger partial charge is 0.312 e. The molecule has 1 aliphatic rings. The van der Waals surface area contributed by atoms with Crippen molar-refractivity contribution in [2.75, 3.05) is 13.7 Å². The van der Waals surface area contributed by atoms with Crippen molar-refractivity contribution < 1.29 is 19.1 Å². The third-order valence-electron chi connectivity index (χ3n) is 3.02. The highest BCUT2D eigenvalue weighted by atomic mass is 16.5. The first-order valence-corrected chi connectivity index (χ1v) is 5.39. The van der Waals surface area contributed by atoms with Crippen LogP contribution in [0.4, 0.5) is 0 Å². The Morgan fingerprint density at radius 2 is 2.06 bits per heavy atom. The molecule has 5 heteroatoms. The monoisotopic (exact) mass is 239 g/mol. The number of esters is 1. The number of hydrogen-bond donors (Lipinski definition) is 0. The molecule has 0 saturated heterocycles. The SMILES string of the molecule is COC(=O)C(C)(C)[C@H]1C=CCN(C(C)=O)C1=O. The van der Waals surface area contributed by atoms with E-state index in [0.717, 1.165) is 4.90 Å². The minimum atomic E-state index is -0.976. The molecule has 0 aromatic rings. The van der Waals surface area contributed by atoms with Crippen molar-refractivity contribution in [3.63, 3.8) is 0 Å². The van der Waals surface area contributed by atoms with Crippen LogP contribution in [0.25, 0.3) is 0 Å². The fraction of sp³-hybridized carbons (Fsp3) is 0.583. The van der Waals surface area contributed by atoms with Crippen molar-refractivity contribution in [1.29, 1.82) is 0 Å². The molecule has 0 aromatic heterocycles. The van der Waals surface area contributed by atoms with Gasteiger partial charge in [0.05, 0.1) is 18.4 Å². The third-order valence-corrected chi connectivity index (χ3v) is 3.02. The van der Waals surface area contributed by atoms with Crippen LogP contribution in [0.15, 0.2) is 12.2 Å². The highest BCUT2D eigenvalue weighted by Gasteiger charge is 2.44. The van der Waals surface area contributed by atoms with E-state index in [1.807, 2.05) is 0 Å². The maximum atomic E-state index is 12.1. The van der Waals surface area contributed by atoms with Crippen molar-refractivity contribution in [3.05, 3.63) is 12.2 Å². The van der Waals surface area contributed by atoms with Crippen molar-refractivity contribution >= 4 is 17.8 Å². The molecule has 2 amide bonds. The van der Waals surface area contributed by atoms with Gasteiger partial charge in [-0.25, -0.2) is 0 Å². The molecule has 1 heterocycles. The van der Waals surface area contributed by atoms with E-state index in [9.17, 15) is 14.4 Å². The molecule has 0 N–H and O–H groups in total. The first-order valence-electron chi connectivity index (χ1n) is 5.39. The largest absolute Gasteiger partial charge is 0.469 e. The van der Waals surface area contributed by atoms with Gasteiger partial charge in [0.2, 0.25) is 11.8 Å². The number of amides is 2. The van der Waals surface area contributed by atoms with E-state index >= 15 is 0 Å². The van der Waals surface area contributed by atoms with Gasteiger partial charge in [-0.2, -0.15) is 0 Å². The number of imide groups is 1. The van der Waals surface area contributed by atoms with Crippen molar-refractivity contribution in [2.45, 2.75) is 20.8 Å². The molecule has 1 rings (SSSR count). The molecular weight excluding hydrogens is 222 g/mol. The Morgan fingerprint density at radius 3 is 2.53 bits per heavy atom. The summed E-state index contributed by atoms with van der Waals surface area (Å²) >= 11 is 0. The lowest BCUT2D eigenvalue weighted by atomic mass is 9.76. The zero-order valence-electron chi connectivity index (χ0n) is 10.5. The van der Waals surface area contributed by atoms with Crippen LogP contribution in [0.5, 0.6) is 0 Å². The second-order valence-electron chi connectivity index (χ2n) is 4.59. The lowest BCUT2D eigenvalue weighted by molar-refractivity contribution is -0.160. The van der Waals surface area contributed by atoms with Crippen LogP contribution in [-0.2, 0) is 19.1 Å². The molecule has 5 nitrogen and oxygen atoms in total. The molecule has 0 radical (unpaired) electrons. The maximum Gasteiger partial charge on any atom is 0.312 e. The molecular formula is C12H17NO4. The van der Waals surface area contributed by atoms with Crippen molar-refractivity contribution in [2.24, 2.45) is 11.3 Å². The summed E-state index contributed by atoms with van der Waals surface area (Å²) in [5.74, 6) is -1.79. The molecule has 0 bridgehead atoms. The Kier molecular flexibility index (Phi) is 3.70.